The zero-order chi connectivity index (χ0) is 14.7. The van der Waals surface area contributed by atoms with Crippen LogP contribution in [0.5, 0.6) is 0 Å². The van der Waals surface area contributed by atoms with Crippen LogP contribution in [-0.2, 0) is 6.42 Å². The van der Waals surface area contributed by atoms with Crippen molar-refractivity contribution in [3.63, 3.8) is 0 Å². The van der Waals surface area contributed by atoms with E-state index in [9.17, 15) is 9.18 Å². The predicted molar refractivity (Wildman–Crippen MR) is 75.7 cm³/mol. The number of amides is 1. The number of benzene rings is 1. The van der Waals surface area contributed by atoms with Crippen molar-refractivity contribution in [1.29, 1.82) is 0 Å². The maximum Gasteiger partial charge on any atom is 0.269 e. The van der Waals surface area contributed by atoms with Crippen molar-refractivity contribution in [1.82, 2.24) is 20.2 Å². The summed E-state index contributed by atoms with van der Waals surface area (Å²) < 4.78 is 12.8. The first-order valence-corrected chi connectivity index (χ1v) is 6.88. The molecular weight excluding hydrogens is 293 g/mol. The molecular formula is C13H10FN5OS. The molecule has 106 valence electrons. The number of nitrogens with zero attached hydrogens (tertiary/aromatic N) is 3. The topological polar surface area (TPSA) is 83.6 Å². The summed E-state index contributed by atoms with van der Waals surface area (Å²) in [5, 5.41) is 9.55. The number of thiazole rings is 1. The SMILES string of the molecule is O=C(Nc1ncn[nH]1)c1cnc(Cc2ccc(F)cc2)s1. The number of carbonyl (C=O) groups excluding carboxylic acids is 1. The lowest BCUT2D eigenvalue weighted by Gasteiger charge is -1.98. The molecule has 0 unspecified atom stereocenters. The molecule has 2 heterocycles. The highest BCUT2D eigenvalue weighted by atomic mass is 32.1. The number of nitrogens with one attached hydrogen (secondary N) is 2. The van der Waals surface area contributed by atoms with Crippen LogP contribution < -0.4 is 5.32 Å². The molecule has 0 bridgehead atoms. The Morgan fingerprint density at radius 3 is 2.81 bits per heavy atom. The van der Waals surface area contributed by atoms with Crippen LogP contribution in [-0.4, -0.2) is 26.1 Å². The standard InChI is InChI=1S/C13H10FN5OS/c14-9-3-1-8(2-4-9)5-11-15-6-10(21-11)12(20)18-13-16-7-17-19-13/h1-4,6-7H,5H2,(H2,16,17,18,19,20). The lowest BCUT2D eigenvalue weighted by molar-refractivity contribution is 0.102. The molecule has 0 aliphatic heterocycles. The summed E-state index contributed by atoms with van der Waals surface area (Å²) in [6, 6.07) is 6.21. The van der Waals surface area contributed by atoms with E-state index in [1.807, 2.05) is 0 Å². The maximum atomic E-state index is 12.8. The van der Waals surface area contributed by atoms with Crippen LogP contribution in [0.2, 0.25) is 0 Å². The van der Waals surface area contributed by atoms with Crippen molar-refractivity contribution in [2.45, 2.75) is 6.42 Å². The maximum absolute atomic E-state index is 12.8. The van der Waals surface area contributed by atoms with Gasteiger partial charge >= 0.3 is 0 Å². The molecule has 1 aromatic carbocycles. The first-order valence-electron chi connectivity index (χ1n) is 6.06. The molecule has 6 nitrogen and oxygen atoms in total. The normalized spacial score (nSPS) is 10.5. The molecule has 2 aromatic heterocycles. The number of aromatic nitrogens is 4. The van der Waals surface area contributed by atoms with Gasteiger partial charge in [-0.2, -0.15) is 10.1 Å². The highest BCUT2D eigenvalue weighted by Crippen LogP contribution is 2.18. The number of H-pyrrole nitrogens is 1. The Labute approximate surface area is 123 Å². The van der Waals surface area contributed by atoms with Crippen molar-refractivity contribution in [2.75, 3.05) is 5.32 Å². The van der Waals surface area contributed by atoms with Gasteiger partial charge in [0.2, 0.25) is 5.95 Å². The summed E-state index contributed by atoms with van der Waals surface area (Å²) >= 11 is 1.28. The largest absolute Gasteiger partial charge is 0.290 e. The van der Waals surface area contributed by atoms with Crippen LogP contribution in [0.4, 0.5) is 10.3 Å². The van der Waals surface area contributed by atoms with Crippen LogP contribution in [0.1, 0.15) is 20.2 Å². The first-order chi connectivity index (χ1) is 10.2. The number of halogens is 1. The Kier molecular flexibility index (Phi) is 3.69. The molecule has 0 saturated heterocycles. The summed E-state index contributed by atoms with van der Waals surface area (Å²) in [7, 11) is 0. The van der Waals surface area contributed by atoms with Crippen LogP contribution in [0.3, 0.4) is 0 Å². The van der Waals surface area contributed by atoms with Gasteiger partial charge in [-0.05, 0) is 17.7 Å². The number of carbonyl (C=O) groups is 1. The van der Waals surface area contributed by atoms with E-state index in [2.05, 4.69) is 25.5 Å². The molecule has 0 spiro atoms. The van der Waals surface area contributed by atoms with Gasteiger partial charge in [0, 0.05) is 6.42 Å². The Morgan fingerprint density at radius 2 is 2.10 bits per heavy atom. The molecule has 21 heavy (non-hydrogen) atoms. The van der Waals surface area contributed by atoms with Crippen molar-refractivity contribution >= 4 is 23.2 Å². The molecule has 1 amide bonds. The summed E-state index contributed by atoms with van der Waals surface area (Å²) in [4.78, 5) is 20.4. The second-order valence-electron chi connectivity index (χ2n) is 4.21. The highest BCUT2D eigenvalue weighted by molar-refractivity contribution is 7.13. The number of anilines is 1. The third-order valence-electron chi connectivity index (χ3n) is 2.69. The molecule has 2 N–H and O–H groups in total. The van der Waals surface area contributed by atoms with Crippen molar-refractivity contribution in [3.8, 4) is 0 Å². The summed E-state index contributed by atoms with van der Waals surface area (Å²) in [5.41, 5.74) is 0.938. The Bertz CT molecular complexity index is 738. The third kappa shape index (κ3) is 3.29. The van der Waals surface area contributed by atoms with E-state index in [1.165, 1.54) is 36.0 Å². The summed E-state index contributed by atoms with van der Waals surface area (Å²) in [5.74, 6) is -0.284. The van der Waals surface area contributed by atoms with E-state index in [4.69, 9.17) is 0 Å². The zero-order valence-corrected chi connectivity index (χ0v) is 11.5. The van der Waals surface area contributed by atoms with Crippen LogP contribution in [0.25, 0.3) is 0 Å². The van der Waals surface area contributed by atoms with Gasteiger partial charge in [0.15, 0.2) is 0 Å². The molecule has 0 saturated carbocycles. The number of rotatable bonds is 4. The quantitative estimate of drug-likeness (QED) is 0.774. The fourth-order valence-electron chi connectivity index (χ4n) is 1.71. The lowest BCUT2D eigenvalue weighted by atomic mass is 10.2. The Morgan fingerprint density at radius 1 is 1.29 bits per heavy atom. The average Bonchev–Trinajstić information content (AvgIpc) is 3.13. The van der Waals surface area contributed by atoms with Crippen LogP contribution >= 0.6 is 11.3 Å². The monoisotopic (exact) mass is 303 g/mol. The fraction of sp³-hybridized carbons (Fsp3) is 0.0769. The number of hydrogen-bond acceptors (Lipinski definition) is 5. The zero-order valence-electron chi connectivity index (χ0n) is 10.7. The van der Waals surface area contributed by atoms with Crippen molar-refractivity contribution < 1.29 is 9.18 Å². The molecule has 0 aliphatic carbocycles. The number of aromatic amines is 1. The summed E-state index contributed by atoms with van der Waals surface area (Å²) in [6.07, 6.45) is 3.37. The fourth-order valence-corrected chi connectivity index (χ4v) is 2.56. The van der Waals surface area contributed by atoms with Gasteiger partial charge < -0.3 is 0 Å². The van der Waals surface area contributed by atoms with Gasteiger partial charge in [-0.15, -0.1) is 11.3 Å². The molecule has 3 rings (SSSR count). The van der Waals surface area contributed by atoms with Gasteiger partial charge in [-0.1, -0.05) is 12.1 Å². The van der Waals surface area contributed by atoms with Gasteiger partial charge in [0.1, 0.15) is 17.0 Å². The van der Waals surface area contributed by atoms with Crippen LogP contribution in [0.15, 0.2) is 36.8 Å². The summed E-state index contributed by atoms with van der Waals surface area (Å²) in [6.45, 7) is 0. The highest BCUT2D eigenvalue weighted by Gasteiger charge is 2.12. The van der Waals surface area contributed by atoms with Gasteiger partial charge in [0.25, 0.3) is 5.91 Å². The van der Waals surface area contributed by atoms with E-state index in [1.54, 1.807) is 12.1 Å². The third-order valence-corrected chi connectivity index (χ3v) is 3.69. The lowest BCUT2D eigenvalue weighted by Crippen LogP contribution is -2.11. The van der Waals surface area contributed by atoms with E-state index < -0.39 is 0 Å². The Balaban J connectivity index is 1.68. The molecule has 0 fully saturated rings. The molecule has 0 radical (unpaired) electrons. The van der Waals surface area contributed by atoms with Crippen molar-refractivity contribution in [3.05, 3.63) is 58.1 Å². The minimum absolute atomic E-state index is 0.273. The smallest absolute Gasteiger partial charge is 0.269 e. The number of hydrogen-bond donors (Lipinski definition) is 2. The van der Waals surface area contributed by atoms with Crippen LogP contribution in [0, 0.1) is 5.82 Å². The molecule has 0 atom stereocenters. The molecule has 0 aliphatic rings. The van der Waals surface area contributed by atoms with E-state index in [0.717, 1.165) is 10.6 Å². The minimum Gasteiger partial charge on any atom is -0.290 e. The van der Waals surface area contributed by atoms with E-state index in [-0.39, 0.29) is 17.7 Å². The van der Waals surface area contributed by atoms with Gasteiger partial charge in [-0.25, -0.2) is 14.5 Å². The van der Waals surface area contributed by atoms with E-state index in [0.29, 0.717) is 11.3 Å². The van der Waals surface area contributed by atoms with Crippen molar-refractivity contribution in [2.24, 2.45) is 0 Å². The van der Waals surface area contributed by atoms with Gasteiger partial charge in [0.05, 0.1) is 11.2 Å². The second kappa shape index (κ2) is 5.80. The molecule has 8 heteroatoms. The average molecular weight is 303 g/mol. The predicted octanol–water partition coefficient (Wildman–Crippen LogP) is 2.24. The minimum atomic E-state index is -0.297. The van der Waals surface area contributed by atoms with E-state index >= 15 is 0 Å². The Hall–Kier alpha value is -2.61. The first kappa shape index (κ1) is 13.4. The van der Waals surface area contributed by atoms with Gasteiger partial charge in [-0.3, -0.25) is 10.1 Å². The molecule has 3 aromatic rings. The second-order valence-corrected chi connectivity index (χ2v) is 5.32.